The summed E-state index contributed by atoms with van der Waals surface area (Å²) in [6, 6.07) is 0. The van der Waals surface area contributed by atoms with Gasteiger partial charge in [0.05, 0.1) is 0 Å². The third-order valence-corrected chi connectivity index (χ3v) is 6.36. The lowest BCUT2D eigenvalue weighted by molar-refractivity contribution is 0.545. The largest absolute Gasteiger partial charge is 0.330 e. The number of hydrogen-bond acceptors (Lipinski definition) is 1. The standard InChI is InChI=1S/C14H31N.C13H27Br/c1-2-3-4-5-6-7-8-9-10-11-12-13-14-15;1-2-3-4-5-6-7-8-9-10-11-12-13-14/h2-15H2,1H3;2-13H2,1H3. The molecule has 0 saturated carbocycles. The minimum atomic E-state index is 0.872. The van der Waals surface area contributed by atoms with Gasteiger partial charge in [-0.15, -0.1) is 0 Å². The van der Waals surface area contributed by atoms with Gasteiger partial charge in [-0.05, 0) is 19.4 Å². The van der Waals surface area contributed by atoms with E-state index in [1.165, 1.54) is 153 Å². The fourth-order valence-electron chi connectivity index (χ4n) is 3.74. The zero-order valence-corrected chi connectivity index (χ0v) is 22.2. The predicted octanol–water partition coefficient (Wildman–Crippen LogP) is 10.3. The first-order valence-electron chi connectivity index (χ1n) is 13.6. The van der Waals surface area contributed by atoms with E-state index in [4.69, 9.17) is 5.73 Å². The summed E-state index contributed by atoms with van der Waals surface area (Å²) in [5.41, 5.74) is 5.45. The first-order chi connectivity index (χ1) is 14.3. The van der Waals surface area contributed by atoms with Crippen molar-refractivity contribution in [3.05, 3.63) is 0 Å². The normalized spacial score (nSPS) is 10.8. The van der Waals surface area contributed by atoms with E-state index in [-0.39, 0.29) is 0 Å². The average molecular weight is 477 g/mol. The maximum Gasteiger partial charge on any atom is 0.00313 e. The molecule has 0 radical (unpaired) electrons. The van der Waals surface area contributed by atoms with E-state index >= 15 is 0 Å². The molecule has 0 unspecified atom stereocenters. The molecule has 0 rings (SSSR count). The molecule has 0 aromatic carbocycles. The lowest BCUT2D eigenvalue weighted by Crippen LogP contribution is -1.97. The molecule has 0 atom stereocenters. The van der Waals surface area contributed by atoms with Gasteiger partial charge in [-0.1, -0.05) is 165 Å². The Hall–Kier alpha value is 0.440. The van der Waals surface area contributed by atoms with Crippen LogP contribution in [0.25, 0.3) is 0 Å². The van der Waals surface area contributed by atoms with Crippen LogP contribution in [0.3, 0.4) is 0 Å². The van der Waals surface area contributed by atoms with E-state index in [1.54, 1.807) is 0 Å². The highest BCUT2D eigenvalue weighted by Crippen LogP contribution is 2.12. The number of nitrogens with two attached hydrogens (primary N) is 1. The third-order valence-electron chi connectivity index (χ3n) is 5.79. The quantitative estimate of drug-likeness (QED) is 0.115. The van der Waals surface area contributed by atoms with Gasteiger partial charge in [0.25, 0.3) is 0 Å². The van der Waals surface area contributed by atoms with Crippen LogP contribution >= 0.6 is 15.9 Å². The Morgan fingerprint density at radius 2 is 0.621 bits per heavy atom. The number of halogens is 1. The molecule has 29 heavy (non-hydrogen) atoms. The summed E-state index contributed by atoms with van der Waals surface area (Å²) < 4.78 is 0. The van der Waals surface area contributed by atoms with E-state index in [1.807, 2.05) is 0 Å². The number of hydrogen-bond donors (Lipinski definition) is 1. The van der Waals surface area contributed by atoms with E-state index in [9.17, 15) is 0 Å². The molecule has 0 aromatic heterocycles. The van der Waals surface area contributed by atoms with Gasteiger partial charge in [-0.3, -0.25) is 0 Å². The van der Waals surface area contributed by atoms with Gasteiger partial charge in [0.1, 0.15) is 0 Å². The lowest BCUT2D eigenvalue weighted by atomic mass is 10.1. The Morgan fingerprint density at radius 3 is 0.862 bits per heavy atom. The number of unbranched alkanes of at least 4 members (excludes halogenated alkanes) is 21. The first-order valence-corrected chi connectivity index (χ1v) is 14.7. The molecule has 0 aliphatic carbocycles. The Bertz CT molecular complexity index is 221. The van der Waals surface area contributed by atoms with E-state index in [0.29, 0.717) is 0 Å². The molecule has 0 aliphatic heterocycles. The summed E-state index contributed by atoms with van der Waals surface area (Å²) in [6.45, 7) is 5.43. The van der Waals surface area contributed by atoms with Crippen LogP contribution in [-0.4, -0.2) is 11.9 Å². The summed E-state index contributed by atoms with van der Waals surface area (Å²) in [7, 11) is 0. The maximum atomic E-state index is 5.45. The van der Waals surface area contributed by atoms with Crippen molar-refractivity contribution in [2.45, 2.75) is 162 Å². The molecule has 0 aromatic rings. The summed E-state index contributed by atoms with van der Waals surface area (Å²) in [5, 5.41) is 1.18. The Labute approximate surface area is 194 Å². The van der Waals surface area contributed by atoms with Crippen LogP contribution in [0.1, 0.15) is 162 Å². The fraction of sp³-hybridized carbons (Fsp3) is 1.00. The van der Waals surface area contributed by atoms with Crippen molar-refractivity contribution in [2.75, 3.05) is 11.9 Å². The van der Waals surface area contributed by atoms with E-state index in [2.05, 4.69) is 29.8 Å². The molecule has 0 fully saturated rings. The van der Waals surface area contributed by atoms with Gasteiger partial charge in [-0.25, -0.2) is 0 Å². The van der Waals surface area contributed by atoms with Crippen molar-refractivity contribution in [1.82, 2.24) is 0 Å². The van der Waals surface area contributed by atoms with Gasteiger partial charge in [0, 0.05) is 5.33 Å². The lowest BCUT2D eigenvalue weighted by Gasteiger charge is -2.01. The predicted molar refractivity (Wildman–Crippen MR) is 140 cm³/mol. The van der Waals surface area contributed by atoms with Crippen molar-refractivity contribution in [3.63, 3.8) is 0 Å². The summed E-state index contributed by atoms with van der Waals surface area (Å²) in [5.74, 6) is 0. The molecule has 0 spiro atoms. The van der Waals surface area contributed by atoms with Crippen molar-refractivity contribution in [3.8, 4) is 0 Å². The Balaban J connectivity index is 0. The first kappa shape index (κ1) is 31.6. The van der Waals surface area contributed by atoms with Gasteiger partial charge >= 0.3 is 0 Å². The second kappa shape index (κ2) is 33.1. The molecule has 0 saturated heterocycles. The van der Waals surface area contributed by atoms with Crippen molar-refractivity contribution >= 4 is 15.9 Å². The van der Waals surface area contributed by atoms with Gasteiger partial charge in [-0.2, -0.15) is 0 Å². The van der Waals surface area contributed by atoms with Crippen molar-refractivity contribution in [2.24, 2.45) is 5.73 Å². The molecule has 0 heterocycles. The van der Waals surface area contributed by atoms with E-state index < -0.39 is 0 Å². The van der Waals surface area contributed by atoms with Gasteiger partial charge < -0.3 is 5.73 Å². The van der Waals surface area contributed by atoms with Crippen LogP contribution < -0.4 is 5.73 Å². The average Bonchev–Trinajstić information content (AvgIpc) is 2.74. The molecule has 0 amide bonds. The molecule has 2 heteroatoms. The number of alkyl halides is 1. The summed E-state index contributed by atoms with van der Waals surface area (Å²) in [6.07, 6.45) is 32.7. The number of rotatable bonds is 23. The second-order valence-corrected chi connectivity index (χ2v) is 9.70. The molecular weight excluding hydrogens is 418 g/mol. The van der Waals surface area contributed by atoms with Crippen LogP contribution in [0.2, 0.25) is 0 Å². The van der Waals surface area contributed by atoms with Crippen LogP contribution in [0.15, 0.2) is 0 Å². The molecule has 0 bridgehead atoms. The fourth-order valence-corrected chi connectivity index (χ4v) is 4.14. The summed E-state index contributed by atoms with van der Waals surface area (Å²) >= 11 is 3.47. The highest BCUT2D eigenvalue weighted by molar-refractivity contribution is 9.09. The Kier molecular flexibility index (Phi) is 36.1. The second-order valence-electron chi connectivity index (χ2n) is 8.90. The molecule has 2 N–H and O–H groups in total. The Morgan fingerprint density at radius 1 is 0.379 bits per heavy atom. The van der Waals surface area contributed by atoms with Crippen molar-refractivity contribution in [1.29, 1.82) is 0 Å². The van der Waals surface area contributed by atoms with Crippen LogP contribution in [0.4, 0.5) is 0 Å². The zero-order valence-electron chi connectivity index (χ0n) is 20.6. The highest BCUT2D eigenvalue weighted by atomic mass is 79.9. The van der Waals surface area contributed by atoms with Crippen LogP contribution in [-0.2, 0) is 0 Å². The third kappa shape index (κ3) is 36.2. The maximum absolute atomic E-state index is 5.45. The van der Waals surface area contributed by atoms with Crippen LogP contribution in [0.5, 0.6) is 0 Å². The molecule has 0 aliphatic rings. The molecule has 1 nitrogen and oxygen atoms in total. The zero-order chi connectivity index (χ0) is 21.7. The topological polar surface area (TPSA) is 26.0 Å². The smallest absolute Gasteiger partial charge is 0.00313 e. The SMILES string of the molecule is CCCCCCCCCCCCCBr.CCCCCCCCCCCCCCN. The van der Waals surface area contributed by atoms with E-state index in [0.717, 1.165) is 6.54 Å². The monoisotopic (exact) mass is 475 g/mol. The molecular formula is C27H58BrN. The minimum absolute atomic E-state index is 0.872. The van der Waals surface area contributed by atoms with Crippen LogP contribution in [0, 0.1) is 0 Å². The summed E-state index contributed by atoms with van der Waals surface area (Å²) in [4.78, 5) is 0. The highest BCUT2D eigenvalue weighted by Gasteiger charge is 1.93. The van der Waals surface area contributed by atoms with Crippen molar-refractivity contribution < 1.29 is 0 Å². The molecule has 178 valence electrons. The minimum Gasteiger partial charge on any atom is -0.330 e. The van der Waals surface area contributed by atoms with Gasteiger partial charge in [0.2, 0.25) is 0 Å². The van der Waals surface area contributed by atoms with Gasteiger partial charge in [0.15, 0.2) is 0 Å².